The predicted molar refractivity (Wildman–Crippen MR) is 125 cm³/mol. The molecule has 0 unspecified atom stereocenters. The zero-order chi connectivity index (χ0) is 24.9. The summed E-state index contributed by atoms with van der Waals surface area (Å²) in [4.78, 5) is 20.4. The lowest BCUT2D eigenvalue weighted by molar-refractivity contribution is -0.143. The van der Waals surface area contributed by atoms with Gasteiger partial charge in [-0.3, -0.25) is 4.79 Å². The second kappa shape index (κ2) is 10.8. The smallest absolute Gasteiger partial charge is 0.306 e. The maximum Gasteiger partial charge on any atom is 0.306 e. The first kappa shape index (κ1) is 24.6. The van der Waals surface area contributed by atoms with Crippen molar-refractivity contribution >= 4 is 11.9 Å². The van der Waals surface area contributed by atoms with Crippen LogP contribution in [0.1, 0.15) is 62.4 Å². The fourth-order valence-electron chi connectivity index (χ4n) is 4.28. The molecule has 0 aromatic carbocycles. The molecule has 3 aromatic rings. The molecular weight excluding hydrogens is 454 g/mol. The zero-order valence-corrected chi connectivity index (χ0v) is 20.4. The largest absolute Gasteiger partial charge is 0.489 e. The van der Waals surface area contributed by atoms with Crippen molar-refractivity contribution in [2.75, 3.05) is 12.4 Å². The molecule has 188 valence electrons. The number of carboxylic acid groups (broad SMARTS) is 1. The molecule has 0 spiro atoms. The van der Waals surface area contributed by atoms with Crippen molar-refractivity contribution < 1.29 is 23.9 Å². The second-order valence-electron chi connectivity index (χ2n) is 8.67. The molecular formula is C23H31N7O5. The standard InChI is InChI=1S/C23H31N7O5/c1-5-18(33-4)21-26-23(28-35-21)24-12-17-20(27-29-30(17)3)16-9-10-19(13(2)25-16)34-15-8-6-7-14(11-15)22(31)32/h9-10,14-15,18H,5-8,11-12H2,1-4H3,(H,24,28)(H,31,32)/t14-,15-,18+/m0/s1. The van der Waals surface area contributed by atoms with E-state index in [0.717, 1.165) is 25.0 Å². The van der Waals surface area contributed by atoms with Gasteiger partial charge in [-0.2, -0.15) is 4.98 Å². The van der Waals surface area contributed by atoms with Crippen LogP contribution in [0.25, 0.3) is 11.4 Å². The Kier molecular flexibility index (Phi) is 7.59. The number of aromatic nitrogens is 6. The maximum atomic E-state index is 11.4. The van der Waals surface area contributed by atoms with Crippen molar-refractivity contribution in [1.82, 2.24) is 30.1 Å². The minimum absolute atomic E-state index is 0.127. The molecule has 1 fully saturated rings. The molecule has 0 saturated heterocycles. The van der Waals surface area contributed by atoms with Gasteiger partial charge in [0.25, 0.3) is 11.8 Å². The Labute approximate surface area is 203 Å². The molecule has 1 aliphatic rings. The van der Waals surface area contributed by atoms with Gasteiger partial charge in [-0.1, -0.05) is 12.1 Å². The van der Waals surface area contributed by atoms with Crippen LogP contribution >= 0.6 is 0 Å². The van der Waals surface area contributed by atoms with Crippen LogP contribution in [0.4, 0.5) is 5.95 Å². The van der Waals surface area contributed by atoms with Crippen LogP contribution in [-0.2, 0) is 23.1 Å². The van der Waals surface area contributed by atoms with Crippen LogP contribution in [0.2, 0.25) is 0 Å². The summed E-state index contributed by atoms with van der Waals surface area (Å²) < 4.78 is 18.4. The Morgan fingerprint density at radius 2 is 2.17 bits per heavy atom. The van der Waals surface area contributed by atoms with Crippen LogP contribution in [0.3, 0.4) is 0 Å². The maximum absolute atomic E-state index is 11.4. The normalized spacial score (nSPS) is 18.9. The van der Waals surface area contributed by atoms with Crippen molar-refractivity contribution in [2.24, 2.45) is 13.0 Å². The molecule has 0 aliphatic heterocycles. The van der Waals surface area contributed by atoms with E-state index < -0.39 is 5.97 Å². The number of pyridine rings is 1. The molecule has 1 saturated carbocycles. The van der Waals surface area contributed by atoms with E-state index in [-0.39, 0.29) is 18.1 Å². The fourth-order valence-corrected chi connectivity index (χ4v) is 4.28. The highest BCUT2D eigenvalue weighted by Gasteiger charge is 2.28. The molecule has 0 amide bonds. The third kappa shape index (κ3) is 5.59. The number of nitrogens with zero attached hydrogens (tertiary/aromatic N) is 6. The summed E-state index contributed by atoms with van der Waals surface area (Å²) in [6, 6.07) is 3.69. The Hall–Kier alpha value is -3.54. The Morgan fingerprint density at radius 1 is 1.34 bits per heavy atom. The van der Waals surface area contributed by atoms with Crippen molar-refractivity contribution in [3.8, 4) is 17.1 Å². The Balaban J connectivity index is 1.45. The number of hydrogen-bond donors (Lipinski definition) is 2. The summed E-state index contributed by atoms with van der Waals surface area (Å²) in [6.07, 6.45) is 3.24. The molecule has 1 aliphatic carbocycles. The molecule has 35 heavy (non-hydrogen) atoms. The highest BCUT2D eigenvalue weighted by molar-refractivity contribution is 5.70. The molecule has 3 atom stereocenters. The van der Waals surface area contributed by atoms with E-state index in [4.69, 9.17) is 19.0 Å². The summed E-state index contributed by atoms with van der Waals surface area (Å²) in [6.45, 7) is 4.21. The number of aryl methyl sites for hydroxylation is 2. The summed E-state index contributed by atoms with van der Waals surface area (Å²) in [5, 5.41) is 24.9. The molecule has 0 radical (unpaired) electrons. The zero-order valence-electron chi connectivity index (χ0n) is 20.4. The number of carbonyl (C=O) groups is 1. The van der Waals surface area contributed by atoms with Crippen LogP contribution < -0.4 is 10.1 Å². The van der Waals surface area contributed by atoms with E-state index >= 15 is 0 Å². The lowest BCUT2D eigenvalue weighted by Gasteiger charge is -2.27. The van der Waals surface area contributed by atoms with Crippen molar-refractivity contribution in [3.63, 3.8) is 0 Å². The molecule has 3 heterocycles. The molecule has 2 N–H and O–H groups in total. The number of anilines is 1. The number of ether oxygens (including phenoxy) is 2. The number of rotatable bonds is 10. The van der Waals surface area contributed by atoms with Gasteiger partial charge in [-0.05, 0) is 56.3 Å². The van der Waals surface area contributed by atoms with Crippen molar-refractivity contribution in [3.05, 3.63) is 29.4 Å². The first-order chi connectivity index (χ1) is 16.9. The first-order valence-electron chi connectivity index (χ1n) is 11.8. The number of methoxy groups -OCH3 is 1. The van der Waals surface area contributed by atoms with E-state index in [9.17, 15) is 9.90 Å². The van der Waals surface area contributed by atoms with Crippen LogP contribution in [0.5, 0.6) is 5.75 Å². The van der Waals surface area contributed by atoms with Gasteiger partial charge in [-0.15, -0.1) is 5.10 Å². The van der Waals surface area contributed by atoms with Gasteiger partial charge in [0.1, 0.15) is 17.5 Å². The summed E-state index contributed by atoms with van der Waals surface area (Å²) in [7, 11) is 3.41. The highest BCUT2D eigenvalue weighted by atomic mass is 16.5. The van der Waals surface area contributed by atoms with Gasteiger partial charge in [0, 0.05) is 14.2 Å². The van der Waals surface area contributed by atoms with Gasteiger partial charge < -0.3 is 24.4 Å². The first-order valence-corrected chi connectivity index (χ1v) is 11.8. The van der Waals surface area contributed by atoms with E-state index in [2.05, 4.69) is 25.8 Å². The summed E-state index contributed by atoms with van der Waals surface area (Å²) in [5.41, 5.74) is 2.79. The molecule has 0 bridgehead atoms. The monoisotopic (exact) mass is 485 g/mol. The predicted octanol–water partition coefficient (Wildman–Crippen LogP) is 3.30. The molecule has 12 nitrogen and oxygen atoms in total. The van der Waals surface area contributed by atoms with Crippen molar-refractivity contribution in [1.29, 1.82) is 0 Å². The van der Waals surface area contributed by atoms with Crippen LogP contribution in [0, 0.1) is 12.8 Å². The lowest BCUT2D eigenvalue weighted by Crippen LogP contribution is -2.29. The SMILES string of the molecule is CC[C@@H](OC)c1nc(NCc2c(-c3ccc(O[C@H]4CCC[C@H](C(=O)O)C4)c(C)n3)nnn2C)no1. The number of nitrogens with one attached hydrogen (secondary N) is 1. The number of hydrogen-bond acceptors (Lipinski definition) is 10. The summed E-state index contributed by atoms with van der Waals surface area (Å²) in [5.74, 6) is 0.308. The second-order valence-corrected chi connectivity index (χ2v) is 8.67. The summed E-state index contributed by atoms with van der Waals surface area (Å²) >= 11 is 0. The van der Waals surface area contributed by atoms with Gasteiger partial charge in [0.05, 0.1) is 35.6 Å². The quantitative estimate of drug-likeness (QED) is 0.435. The minimum Gasteiger partial charge on any atom is -0.489 e. The molecule has 3 aromatic heterocycles. The number of carboxylic acids is 1. The van der Waals surface area contributed by atoms with Crippen molar-refractivity contribution in [2.45, 2.75) is 64.7 Å². The van der Waals surface area contributed by atoms with E-state index in [0.29, 0.717) is 54.1 Å². The highest BCUT2D eigenvalue weighted by Crippen LogP contribution is 2.30. The van der Waals surface area contributed by atoms with Crippen LogP contribution in [-0.4, -0.2) is 54.4 Å². The van der Waals surface area contributed by atoms with Gasteiger partial charge in [-0.25, -0.2) is 9.67 Å². The van der Waals surface area contributed by atoms with E-state index in [1.165, 1.54) is 0 Å². The lowest BCUT2D eigenvalue weighted by atomic mass is 9.87. The average Bonchev–Trinajstić information content (AvgIpc) is 3.46. The van der Waals surface area contributed by atoms with Gasteiger partial charge in [0.2, 0.25) is 0 Å². The van der Waals surface area contributed by atoms with E-state index in [1.807, 2.05) is 26.0 Å². The topological polar surface area (TPSA) is 150 Å². The minimum atomic E-state index is -0.756. The third-order valence-corrected chi connectivity index (χ3v) is 6.28. The third-order valence-electron chi connectivity index (χ3n) is 6.28. The fraction of sp³-hybridized carbons (Fsp3) is 0.565. The van der Waals surface area contributed by atoms with Gasteiger partial charge >= 0.3 is 5.97 Å². The van der Waals surface area contributed by atoms with E-state index in [1.54, 1.807) is 18.8 Å². The molecule has 4 rings (SSSR count). The van der Waals surface area contributed by atoms with Gasteiger partial charge in [0.15, 0.2) is 0 Å². The average molecular weight is 486 g/mol. The Bertz CT molecular complexity index is 1160. The Morgan fingerprint density at radius 3 is 2.89 bits per heavy atom. The van der Waals surface area contributed by atoms with Crippen LogP contribution in [0.15, 0.2) is 16.7 Å². The molecule has 12 heteroatoms. The number of aliphatic carboxylic acids is 1.